The molecule has 2 aromatic heterocycles. The lowest BCUT2D eigenvalue weighted by atomic mass is 10.2. The first-order valence-electron chi connectivity index (χ1n) is 14.2. The molecule has 0 saturated carbocycles. The fraction of sp³-hybridized carbons (Fsp3) is 0.517. The number of piperazine rings is 1. The Hall–Kier alpha value is -4.11. The number of imide groups is 1. The number of nitrogens with zero attached hydrogens (tertiary/aromatic N) is 7. The van der Waals surface area contributed by atoms with Gasteiger partial charge in [0.05, 0.1) is 11.9 Å². The van der Waals surface area contributed by atoms with Crippen LogP contribution in [0.5, 0.6) is 0 Å². The van der Waals surface area contributed by atoms with Gasteiger partial charge in [-0.05, 0) is 53.7 Å². The van der Waals surface area contributed by atoms with Crippen LogP contribution in [0, 0.1) is 0 Å². The third-order valence-electron chi connectivity index (χ3n) is 6.23. The van der Waals surface area contributed by atoms with E-state index in [1.54, 1.807) is 53.7 Å². The van der Waals surface area contributed by atoms with E-state index in [4.69, 9.17) is 18.9 Å². The number of anilines is 2. The third-order valence-corrected chi connectivity index (χ3v) is 7.15. The average molecular weight is 630 g/mol. The van der Waals surface area contributed by atoms with Crippen molar-refractivity contribution in [3.63, 3.8) is 0 Å². The van der Waals surface area contributed by atoms with Gasteiger partial charge in [-0.25, -0.2) is 28.0 Å². The largest absolute Gasteiger partial charge is 0.443 e. The van der Waals surface area contributed by atoms with Crippen LogP contribution in [0.1, 0.15) is 41.5 Å². The molecule has 0 bridgehead atoms. The van der Waals surface area contributed by atoms with Crippen molar-refractivity contribution in [3.05, 3.63) is 36.5 Å². The van der Waals surface area contributed by atoms with Gasteiger partial charge in [0, 0.05) is 44.5 Å². The Morgan fingerprint density at radius 2 is 1.48 bits per heavy atom. The lowest BCUT2D eigenvalue weighted by molar-refractivity contribution is 0.0429. The van der Waals surface area contributed by atoms with E-state index in [1.165, 1.54) is 12.5 Å². The Morgan fingerprint density at radius 3 is 2.02 bits per heavy atom. The van der Waals surface area contributed by atoms with Gasteiger partial charge in [-0.2, -0.15) is 4.90 Å². The van der Waals surface area contributed by atoms with Crippen molar-refractivity contribution in [1.82, 2.24) is 25.1 Å². The van der Waals surface area contributed by atoms with Crippen molar-refractivity contribution in [2.45, 2.75) is 52.7 Å². The molecule has 14 nitrogen and oxygen atoms in total. The van der Waals surface area contributed by atoms with Crippen LogP contribution in [0.3, 0.4) is 0 Å². The van der Waals surface area contributed by atoms with Crippen LogP contribution in [0.2, 0.25) is 0 Å². The molecule has 1 aromatic carbocycles. The summed E-state index contributed by atoms with van der Waals surface area (Å²) in [5, 5.41) is 8.35. The molecule has 0 radical (unpaired) electrons. The zero-order chi connectivity index (χ0) is 32.3. The third kappa shape index (κ3) is 8.95. The summed E-state index contributed by atoms with van der Waals surface area (Å²) in [6.07, 6.45) is 0.636. The molecule has 0 N–H and O–H groups in total. The molecule has 238 valence electrons. The van der Waals surface area contributed by atoms with Crippen LogP contribution < -0.4 is 9.80 Å². The van der Waals surface area contributed by atoms with E-state index in [1.807, 2.05) is 23.1 Å². The maximum absolute atomic E-state index is 13.5. The van der Waals surface area contributed by atoms with Crippen LogP contribution in [-0.2, 0) is 19.3 Å². The SMILES string of the molecule is CC(C)(C)OC(=O)N(C(=O)OC(C)(C)C)c1ncc(N2CCN(CCS(C)(=O)=O)CC2)nc1-c1nnc(-c2ccccc2)o1. The summed E-state index contributed by atoms with van der Waals surface area (Å²) in [7, 11) is -3.07. The first kappa shape index (κ1) is 32.8. The number of carbonyl (C=O) groups is 2. The number of ether oxygens (including phenoxy) is 2. The van der Waals surface area contributed by atoms with E-state index in [2.05, 4.69) is 20.1 Å². The van der Waals surface area contributed by atoms with Crippen molar-refractivity contribution in [3.8, 4) is 23.0 Å². The molecule has 44 heavy (non-hydrogen) atoms. The maximum Gasteiger partial charge on any atom is 0.425 e. The highest BCUT2D eigenvalue weighted by Crippen LogP contribution is 2.33. The molecule has 0 atom stereocenters. The van der Waals surface area contributed by atoms with Gasteiger partial charge in [0.15, 0.2) is 11.5 Å². The molecule has 15 heteroatoms. The van der Waals surface area contributed by atoms with Crippen molar-refractivity contribution in [1.29, 1.82) is 0 Å². The van der Waals surface area contributed by atoms with Crippen molar-refractivity contribution in [2.24, 2.45) is 0 Å². The summed E-state index contributed by atoms with van der Waals surface area (Å²) < 4.78 is 40.3. The first-order chi connectivity index (χ1) is 20.5. The topological polar surface area (TPSA) is 161 Å². The van der Waals surface area contributed by atoms with Gasteiger partial charge in [0.1, 0.15) is 26.9 Å². The minimum absolute atomic E-state index is 0.0200. The molecule has 0 unspecified atom stereocenters. The summed E-state index contributed by atoms with van der Waals surface area (Å²) in [6.45, 7) is 12.8. The van der Waals surface area contributed by atoms with Crippen LogP contribution in [-0.4, -0.2) is 102 Å². The van der Waals surface area contributed by atoms with E-state index >= 15 is 0 Å². The summed E-state index contributed by atoms with van der Waals surface area (Å²) >= 11 is 0. The number of benzene rings is 1. The van der Waals surface area contributed by atoms with E-state index in [0.717, 1.165) is 0 Å². The number of hydrogen-bond donors (Lipinski definition) is 0. The standard InChI is InChI=1S/C29H39N7O7S/c1-28(2,3)42-26(37)36(27(38)43-29(4,5)6)23-22(25-33-32-24(41-25)20-11-9-8-10-12-20)31-21(19-30-23)35-15-13-34(14-16-35)17-18-44(7,39)40/h8-12,19H,13-18H2,1-7H3. The summed E-state index contributed by atoms with van der Waals surface area (Å²) in [6, 6.07) is 9.11. The number of rotatable bonds is 7. The Balaban J connectivity index is 1.75. The molecule has 1 fully saturated rings. The molecule has 0 aliphatic carbocycles. The Morgan fingerprint density at radius 1 is 0.909 bits per heavy atom. The number of amides is 2. The second kappa shape index (κ2) is 12.9. The predicted molar refractivity (Wildman–Crippen MR) is 164 cm³/mol. The number of hydrogen-bond acceptors (Lipinski definition) is 13. The van der Waals surface area contributed by atoms with E-state index in [0.29, 0.717) is 49.0 Å². The number of sulfone groups is 1. The number of carbonyl (C=O) groups excluding carboxylic acids is 2. The molecular weight excluding hydrogens is 590 g/mol. The lowest BCUT2D eigenvalue weighted by Crippen LogP contribution is -2.48. The van der Waals surface area contributed by atoms with Crippen molar-refractivity contribution >= 4 is 33.7 Å². The highest BCUT2D eigenvalue weighted by atomic mass is 32.2. The Kier molecular flexibility index (Phi) is 9.59. The van der Waals surface area contributed by atoms with E-state index in [-0.39, 0.29) is 29.0 Å². The predicted octanol–water partition coefficient (Wildman–Crippen LogP) is 4.04. The van der Waals surface area contributed by atoms with Crippen molar-refractivity contribution < 1.29 is 31.9 Å². The van der Waals surface area contributed by atoms with Gasteiger partial charge in [-0.15, -0.1) is 10.2 Å². The second-order valence-electron chi connectivity index (χ2n) is 12.4. The Labute approximate surface area is 257 Å². The molecular formula is C29H39N7O7S. The van der Waals surface area contributed by atoms with E-state index in [9.17, 15) is 18.0 Å². The second-order valence-corrected chi connectivity index (χ2v) is 14.7. The average Bonchev–Trinajstić information content (AvgIpc) is 3.41. The first-order valence-corrected chi connectivity index (χ1v) is 16.2. The van der Waals surface area contributed by atoms with Crippen LogP contribution in [0.25, 0.3) is 23.0 Å². The van der Waals surface area contributed by atoms with Gasteiger partial charge in [0.25, 0.3) is 5.89 Å². The fourth-order valence-corrected chi connectivity index (χ4v) is 4.80. The smallest absolute Gasteiger partial charge is 0.425 e. The molecule has 1 aliphatic rings. The van der Waals surface area contributed by atoms with Crippen LogP contribution >= 0.6 is 0 Å². The summed E-state index contributed by atoms with van der Waals surface area (Å²) in [4.78, 5) is 40.9. The lowest BCUT2D eigenvalue weighted by Gasteiger charge is -2.35. The summed E-state index contributed by atoms with van der Waals surface area (Å²) in [5.41, 5.74) is -1.23. The van der Waals surface area contributed by atoms with Gasteiger partial charge in [-0.3, -0.25) is 4.90 Å². The zero-order valence-electron chi connectivity index (χ0n) is 26.1. The van der Waals surface area contributed by atoms with Gasteiger partial charge in [-0.1, -0.05) is 18.2 Å². The highest BCUT2D eigenvalue weighted by Gasteiger charge is 2.37. The fourth-order valence-electron chi connectivity index (χ4n) is 4.21. The maximum atomic E-state index is 13.5. The molecule has 3 heterocycles. The molecule has 4 rings (SSSR count). The highest BCUT2D eigenvalue weighted by molar-refractivity contribution is 7.90. The van der Waals surface area contributed by atoms with Crippen molar-refractivity contribution in [2.75, 3.05) is 54.5 Å². The van der Waals surface area contributed by atoms with Crippen LogP contribution in [0.15, 0.2) is 40.9 Å². The van der Waals surface area contributed by atoms with Gasteiger partial charge >= 0.3 is 12.2 Å². The van der Waals surface area contributed by atoms with Crippen LogP contribution in [0.4, 0.5) is 21.2 Å². The summed E-state index contributed by atoms with van der Waals surface area (Å²) in [5.74, 6) is 0.459. The van der Waals surface area contributed by atoms with E-state index < -0.39 is 33.2 Å². The molecule has 1 saturated heterocycles. The minimum atomic E-state index is -3.07. The number of aromatic nitrogens is 4. The normalized spacial score (nSPS) is 14.8. The Bertz CT molecular complexity index is 1550. The zero-order valence-corrected chi connectivity index (χ0v) is 26.9. The molecule has 3 aromatic rings. The minimum Gasteiger partial charge on any atom is -0.443 e. The molecule has 2 amide bonds. The van der Waals surface area contributed by atoms with Gasteiger partial charge < -0.3 is 18.8 Å². The molecule has 1 aliphatic heterocycles. The quantitative estimate of drug-likeness (QED) is 0.369. The monoisotopic (exact) mass is 629 g/mol. The molecule has 0 spiro atoms. The van der Waals surface area contributed by atoms with Gasteiger partial charge in [0.2, 0.25) is 5.89 Å².